The molecule has 2 aromatic rings. The number of aromatic nitrogens is 3. The van der Waals surface area contributed by atoms with Crippen LogP contribution in [0.4, 0.5) is 0 Å². The largest absolute Gasteiger partial charge is 0.335 e. The molecule has 0 spiro atoms. The molecule has 0 unspecified atom stereocenters. The van der Waals surface area contributed by atoms with E-state index in [1.54, 1.807) is 16.0 Å². The highest BCUT2D eigenvalue weighted by molar-refractivity contribution is 5.95. The molecule has 8 heteroatoms. The summed E-state index contributed by atoms with van der Waals surface area (Å²) in [5, 5.41) is 11.6. The third-order valence-corrected chi connectivity index (χ3v) is 5.56. The highest BCUT2D eigenvalue weighted by Gasteiger charge is 2.27. The van der Waals surface area contributed by atoms with Crippen molar-refractivity contribution < 1.29 is 9.59 Å². The van der Waals surface area contributed by atoms with Gasteiger partial charge in [-0.25, -0.2) is 4.68 Å². The zero-order valence-electron chi connectivity index (χ0n) is 16.2. The molecule has 8 nitrogen and oxygen atoms in total. The first-order valence-corrected chi connectivity index (χ1v) is 9.89. The molecule has 4 rings (SSSR count). The summed E-state index contributed by atoms with van der Waals surface area (Å²) in [6, 6.07) is 7.90. The molecule has 3 heterocycles. The summed E-state index contributed by atoms with van der Waals surface area (Å²) in [5.41, 5.74) is 2.21. The lowest BCUT2D eigenvalue weighted by Crippen LogP contribution is -2.50. The van der Waals surface area contributed by atoms with Gasteiger partial charge in [0.15, 0.2) is 5.69 Å². The number of rotatable bonds is 3. The van der Waals surface area contributed by atoms with Gasteiger partial charge in [0.2, 0.25) is 0 Å². The number of hydrogen-bond acceptors (Lipinski definition) is 5. The van der Waals surface area contributed by atoms with Crippen molar-refractivity contribution in [3.63, 3.8) is 0 Å². The van der Waals surface area contributed by atoms with E-state index < -0.39 is 0 Å². The average Bonchev–Trinajstić information content (AvgIpc) is 3.24. The van der Waals surface area contributed by atoms with E-state index in [0.29, 0.717) is 43.5 Å². The Balaban J connectivity index is 1.34. The Morgan fingerprint density at radius 2 is 1.57 bits per heavy atom. The van der Waals surface area contributed by atoms with Crippen molar-refractivity contribution >= 4 is 11.8 Å². The lowest BCUT2D eigenvalue weighted by Gasteiger charge is -2.34. The van der Waals surface area contributed by atoms with Gasteiger partial charge in [-0.15, -0.1) is 5.10 Å². The van der Waals surface area contributed by atoms with Crippen LogP contribution in [0.5, 0.6) is 0 Å². The summed E-state index contributed by atoms with van der Waals surface area (Å²) in [4.78, 5) is 29.0. The predicted molar refractivity (Wildman–Crippen MR) is 104 cm³/mol. The maximum absolute atomic E-state index is 12.8. The van der Waals surface area contributed by atoms with Crippen LogP contribution in [0, 0.1) is 6.92 Å². The lowest BCUT2D eigenvalue weighted by atomic mass is 10.1. The third-order valence-electron chi connectivity index (χ3n) is 5.56. The van der Waals surface area contributed by atoms with E-state index in [4.69, 9.17) is 0 Å². The van der Waals surface area contributed by atoms with Crippen molar-refractivity contribution in [1.82, 2.24) is 30.1 Å². The Bertz CT molecular complexity index is 833. The fourth-order valence-corrected chi connectivity index (χ4v) is 3.78. The zero-order valence-corrected chi connectivity index (χ0v) is 16.2. The first kappa shape index (κ1) is 18.6. The first-order chi connectivity index (χ1) is 13.6. The summed E-state index contributed by atoms with van der Waals surface area (Å²) in [6.07, 6.45) is 3.76. The highest BCUT2D eigenvalue weighted by atomic mass is 16.2. The van der Waals surface area contributed by atoms with Gasteiger partial charge in [0.1, 0.15) is 0 Å². The van der Waals surface area contributed by atoms with Crippen LogP contribution in [0.1, 0.15) is 45.3 Å². The summed E-state index contributed by atoms with van der Waals surface area (Å²) >= 11 is 0. The molecule has 0 atom stereocenters. The summed E-state index contributed by atoms with van der Waals surface area (Å²) in [5.74, 6) is -0.0911. The average molecular weight is 382 g/mol. The van der Waals surface area contributed by atoms with E-state index in [9.17, 15) is 9.59 Å². The van der Waals surface area contributed by atoms with E-state index in [1.807, 2.05) is 35.9 Å². The summed E-state index contributed by atoms with van der Waals surface area (Å²) in [7, 11) is 0. The topological polar surface area (TPSA) is 83.4 Å². The van der Waals surface area contributed by atoms with Crippen LogP contribution in [0.3, 0.4) is 0 Å². The van der Waals surface area contributed by atoms with E-state index in [1.165, 1.54) is 0 Å². The quantitative estimate of drug-likeness (QED) is 0.860. The number of piperidine rings is 1. The highest BCUT2D eigenvalue weighted by Crippen LogP contribution is 2.18. The molecule has 0 radical (unpaired) electrons. The molecule has 148 valence electrons. The number of nitrogens with zero attached hydrogens (tertiary/aromatic N) is 5. The van der Waals surface area contributed by atoms with Crippen LogP contribution in [0.15, 0.2) is 30.5 Å². The lowest BCUT2D eigenvalue weighted by molar-refractivity contribution is 0.0532. The molecule has 1 N–H and O–H groups in total. The number of carbonyl (C=O) groups excluding carboxylic acids is 2. The fraction of sp³-hybridized carbons (Fsp3) is 0.500. The molecule has 0 aliphatic carbocycles. The van der Waals surface area contributed by atoms with Gasteiger partial charge in [-0.3, -0.25) is 9.59 Å². The van der Waals surface area contributed by atoms with Gasteiger partial charge in [0, 0.05) is 31.7 Å². The second kappa shape index (κ2) is 8.10. The monoisotopic (exact) mass is 382 g/mol. The van der Waals surface area contributed by atoms with Gasteiger partial charge in [-0.1, -0.05) is 22.9 Å². The van der Waals surface area contributed by atoms with Gasteiger partial charge in [0.25, 0.3) is 11.8 Å². The second-order valence-corrected chi connectivity index (χ2v) is 7.52. The molecule has 2 aliphatic heterocycles. The van der Waals surface area contributed by atoms with E-state index >= 15 is 0 Å². The minimum absolute atomic E-state index is 0.0175. The van der Waals surface area contributed by atoms with Crippen molar-refractivity contribution in [2.45, 2.75) is 25.8 Å². The molecule has 2 amide bonds. The molecule has 2 aliphatic rings. The van der Waals surface area contributed by atoms with Crippen molar-refractivity contribution in [2.75, 3.05) is 39.3 Å². The van der Waals surface area contributed by atoms with Crippen molar-refractivity contribution in [1.29, 1.82) is 0 Å². The molecule has 0 saturated carbocycles. The van der Waals surface area contributed by atoms with Crippen molar-refractivity contribution in [3.8, 4) is 0 Å². The van der Waals surface area contributed by atoms with Gasteiger partial charge >= 0.3 is 0 Å². The number of nitrogens with one attached hydrogen (secondary N) is 1. The smallest absolute Gasteiger partial charge is 0.276 e. The maximum Gasteiger partial charge on any atom is 0.276 e. The number of hydrogen-bond donors (Lipinski definition) is 1. The van der Waals surface area contributed by atoms with Crippen LogP contribution < -0.4 is 5.32 Å². The minimum Gasteiger partial charge on any atom is -0.335 e. The Labute approximate surface area is 164 Å². The normalized spacial score (nSPS) is 18.3. The van der Waals surface area contributed by atoms with Gasteiger partial charge in [-0.2, -0.15) is 0 Å². The SMILES string of the molecule is Cc1ccc(C(=O)N2CCN(C(=O)c3cn(C4CCNCC4)nn3)CC2)cc1. The van der Waals surface area contributed by atoms with Crippen LogP contribution in [-0.4, -0.2) is 75.9 Å². The minimum atomic E-state index is -0.109. The van der Waals surface area contributed by atoms with Gasteiger partial charge in [0.05, 0.1) is 12.2 Å². The van der Waals surface area contributed by atoms with Crippen LogP contribution >= 0.6 is 0 Å². The molecule has 1 aromatic carbocycles. The Hall–Kier alpha value is -2.74. The number of piperazine rings is 1. The van der Waals surface area contributed by atoms with E-state index in [-0.39, 0.29) is 11.8 Å². The summed E-state index contributed by atoms with van der Waals surface area (Å²) in [6.45, 7) is 6.00. The number of aryl methyl sites for hydroxylation is 1. The van der Waals surface area contributed by atoms with Crippen LogP contribution in [0.25, 0.3) is 0 Å². The Morgan fingerprint density at radius 1 is 0.964 bits per heavy atom. The number of benzene rings is 1. The molecule has 2 fully saturated rings. The van der Waals surface area contributed by atoms with Crippen LogP contribution in [-0.2, 0) is 0 Å². The number of carbonyl (C=O) groups is 2. The first-order valence-electron chi connectivity index (χ1n) is 9.89. The van der Waals surface area contributed by atoms with Crippen molar-refractivity contribution in [3.05, 3.63) is 47.3 Å². The second-order valence-electron chi connectivity index (χ2n) is 7.52. The number of amides is 2. The maximum atomic E-state index is 12.8. The molecule has 2 saturated heterocycles. The predicted octanol–water partition coefficient (Wildman–Crippen LogP) is 1.11. The van der Waals surface area contributed by atoms with Crippen LogP contribution in [0.2, 0.25) is 0 Å². The Kier molecular flexibility index (Phi) is 5.38. The fourth-order valence-electron chi connectivity index (χ4n) is 3.78. The van der Waals surface area contributed by atoms with E-state index in [0.717, 1.165) is 31.5 Å². The van der Waals surface area contributed by atoms with Gasteiger partial charge in [-0.05, 0) is 45.0 Å². The summed E-state index contributed by atoms with van der Waals surface area (Å²) < 4.78 is 1.82. The molecule has 0 bridgehead atoms. The van der Waals surface area contributed by atoms with Crippen molar-refractivity contribution in [2.24, 2.45) is 0 Å². The molecular weight excluding hydrogens is 356 g/mol. The standard InChI is InChI=1S/C20H26N6O2/c1-15-2-4-16(5-3-15)19(27)24-10-12-25(13-11-24)20(28)18-14-26(23-22-18)17-6-8-21-9-7-17/h2-5,14,17,21H,6-13H2,1H3. The molecular formula is C20H26N6O2. The Morgan fingerprint density at radius 3 is 2.21 bits per heavy atom. The van der Waals surface area contributed by atoms with Gasteiger partial charge < -0.3 is 15.1 Å². The molecule has 1 aromatic heterocycles. The molecule has 28 heavy (non-hydrogen) atoms. The zero-order chi connectivity index (χ0) is 19.5. The third kappa shape index (κ3) is 3.91. The van der Waals surface area contributed by atoms with E-state index in [2.05, 4.69) is 15.6 Å².